The largest absolute Gasteiger partial charge is 0.294 e. The number of rotatable bonds is 3. The highest BCUT2D eigenvalue weighted by molar-refractivity contribution is 9.10. The SMILES string of the molecule is CCCn1[nH]c(-c2ccccc2)c(Br)c1=O. The summed E-state index contributed by atoms with van der Waals surface area (Å²) in [5, 5.41) is 3.12. The maximum Gasteiger partial charge on any atom is 0.281 e. The molecule has 0 aliphatic heterocycles. The number of halogens is 1. The highest BCUT2D eigenvalue weighted by Gasteiger charge is 2.11. The molecule has 16 heavy (non-hydrogen) atoms. The van der Waals surface area contributed by atoms with E-state index in [0.29, 0.717) is 11.0 Å². The van der Waals surface area contributed by atoms with Gasteiger partial charge in [0.15, 0.2) is 0 Å². The molecule has 0 fully saturated rings. The smallest absolute Gasteiger partial charge is 0.281 e. The van der Waals surface area contributed by atoms with Gasteiger partial charge in [-0.3, -0.25) is 14.6 Å². The molecule has 0 aliphatic carbocycles. The van der Waals surface area contributed by atoms with E-state index < -0.39 is 0 Å². The molecule has 1 N–H and O–H groups in total. The van der Waals surface area contributed by atoms with Crippen LogP contribution in [-0.2, 0) is 6.54 Å². The third-order valence-corrected chi connectivity index (χ3v) is 3.14. The fourth-order valence-corrected chi connectivity index (χ4v) is 2.17. The van der Waals surface area contributed by atoms with Crippen molar-refractivity contribution in [1.29, 1.82) is 0 Å². The Morgan fingerprint density at radius 1 is 1.31 bits per heavy atom. The number of hydrogen-bond donors (Lipinski definition) is 1. The van der Waals surface area contributed by atoms with Crippen molar-refractivity contribution in [2.75, 3.05) is 0 Å². The summed E-state index contributed by atoms with van der Waals surface area (Å²) in [5.41, 5.74) is 1.86. The minimum atomic E-state index is 0.000651. The van der Waals surface area contributed by atoms with E-state index >= 15 is 0 Å². The number of aryl methyl sites for hydroxylation is 1. The molecule has 0 saturated carbocycles. The van der Waals surface area contributed by atoms with Gasteiger partial charge in [-0.1, -0.05) is 37.3 Å². The topological polar surface area (TPSA) is 37.8 Å². The molecule has 0 saturated heterocycles. The van der Waals surface area contributed by atoms with Gasteiger partial charge in [0.1, 0.15) is 4.47 Å². The third-order valence-electron chi connectivity index (χ3n) is 2.41. The second kappa shape index (κ2) is 4.70. The van der Waals surface area contributed by atoms with E-state index in [1.165, 1.54) is 0 Å². The van der Waals surface area contributed by atoms with Crippen LogP contribution >= 0.6 is 15.9 Å². The van der Waals surface area contributed by atoms with E-state index in [1.54, 1.807) is 4.68 Å². The van der Waals surface area contributed by atoms with Gasteiger partial charge in [0.2, 0.25) is 0 Å². The van der Waals surface area contributed by atoms with Crippen molar-refractivity contribution in [2.24, 2.45) is 0 Å². The van der Waals surface area contributed by atoms with Crippen LogP contribution < -0.4 is 5.56 Å². The van der Waals surface area contributed by atoms with Crippen molar-refractivity contribution in [3.05, 3.63) is 45.2 Å². The van der Waals surface area contributed by atoms with Gasteiger partial charge in [-0.2, -0.15) is 0 Å². The van der Waals surface area contributed by atoms with E-state index in [1.807, 2.05) is 37.3 Å². The van der Waals surface area contributed by atoms with Crippen molar-refractivity contribution in [1.82, 2.24) is 9.78 Å². The standard InChI is InChI=1S/C12H13BrN2O/c1-2-8-15-12(16)10(13)11(14-15)9-6-4-3-5-7-9/h3-7,14H,2,8H2,1H3. The first-order valence-electron chi connectivity index (χ1n) is 5.27. The Morgan fingerprint density at radius 3 is 2.62 bits per heavy atom. The lowest BCUT2D eigenvalue weighted by atomic mass is 10.2. The molecule has 1 aromatic heterocycles. The normalized spacial score (nSPS) is 10.6. The molecule has 3 nitrogen and oxygen atoms in total. The first kappa shape index (κ1) is 11.2. The van der Waals surface area contributed by atoms with Gasteiger partial charge in [-0.15, -0.1) is 0 Å². The summed E-state index contributed by atoms with van der Waals surface area (Å²) in [6.45, 7) is 2.76. The Bertz CT molecular complexity index is 528. The van der Waals surface area contributed by atoms with Crippen LogP contribution in [0.5, 0.6) is 0 Å². The molecule has 0 bridgehead atoms. The van der Waals surface area contributed by atoms with Crippen LogP contribution in [0.25, 0.3) is 11.3 Å². The molecule has 2 rings (SSSR count). The van der Waals surface area contributed by atoms with E-state index in [2.05, 4.69) is 21.0 Å². The van der Waals surface area contributed by atoms with Crippen LogP contribution in [-0.4, -0.2) is 9.78 Å². The number of nitrogens with zero attached hydrogens (tertiary/aromatic N) is 1. The Labute approximate surface area is 102 Å². The Hall–Kier alpha value is -1.29. The number of hydrogen-bond acceptors (Lipinski definition) is 1. The van der Waals surface area contributed by atoms with Crippen LogP contribution in [0.4, 0.5) is 0 Å². The summed E-state index contributed by atoms with van der Waals surface area (Å²) < 4.78 is 2.24. The van der Waals surface area contributed by atoms with E-state index in [0.717, 1.165) is 17.7 Å². The van der Waals surface area contributed by atoms with Crippen LogP contribution in [0.15, 0.2) is 39.6 Å². The predicted molar refractivity (Wildman–Crippen MR) is 68.5 cm³/mol. The quantitative estimate of drug-likeness (QED) is 0.922. The Balaban J connectivity index is 2.51. The molecule has 1 aromatic carbocycles. The summed E-state index contributed by atoms with van der Waals surface area (Å²) in [6, 6.07) is 9.83. The highest BCUT2D eigenvalue weighted by Crippen LogP contribution is 2.23. The fraction of sp³-hybridized carbons (Fsp3) is 0.250. The zero-order valence-corrected chi connectivity index (χ0v) is 10.6. The number of aromatic nitrogens is 2. The van der Waals surface area contributed by atoms with Gasteiger partial charge in [-0.05, 0) is 22.4 Å². The van der Waals surface area contributed by atoms with Gasteiger partial charge >= 0.3 is 0 Å². The van der Waals surface area contributed by atoms with Crippen LogP contribution in [0, 0.1) is 0 Å². The van der Waals surface area contributed by atoms with Crippen LogP contribution in [0.1, 0.15) is 13.3 Å². The summed E-state index contributed by atoms with van der Waals surface area (Å²) in [6.07, 6.45) is 0.932. The average molecular weight is 281 g/mol. The van der Waals surface area contributed by atoms with E-state index in [-0.39, 0.29) is 5.56 Å². The number of aromatic amines is 1. The molecular weight excluding hydrogens is 268 g/mol. The molecule has 1 heterocycles. The van der Waals surface area contributed by atoms with Crippen molar-refractivity contribution in [2.45, 2.75) is 19.9 Å². The Morgan fingerprint density at radius 2 is 2.00 bits per heavy atom. The molecule has 84 valence electrons. The van der Waals surface area contributed by atoms with Crippen LogP contribution in [0.3, 0.4) is 0 Å². The monoisotopic (exact) mass is 280 g/mol. The van der Waals surface area contributed by atoms with E-state index in [9.17, 15) is 4.79 Å². The molecule has 0 atom stereocenters. The molecule has 0 radical (unpaired) electrons. The number of nitrogens with one attached hydrogen (secondary N) is 1. The average Bonchev–Trinajstić information content (AvgIpc) is 2.59. The van der Waals surface area contributed by atoms with E-state index in [4.69, 9.17) is 0 Å². The highest BCUT2D eigenvalue weighted by atomic mass is 79.9. The van der Waals surface area contributed by atoms with Gasteiger partial charge in [0.25, 0.3) is 5.56 Å². The fourth-order valence-electron chi connectivity index (χ4n) is 1.64. The van der Waals surface area contributed by atoms with Crippen LogP contribution in [0.2, 0.25) is 0 Å². The van der Waals surface area contributed by atoms with Crippen molar-refractivity contribution in [3.63, 3.8) is 0 Å². The lowest BCUT2D eigenvalue weighted by Crippen LogP contribution is -2.16. The molecule has 4 heteroatoms. The molecular formula is C12H13BrN2O. The second-order valence-corrected chi connectivity index (χ2v) is 4.42. The predicted octanol–water partition coefficient (Wildman–Crippen LogP) is 3.02. The van der Waals surface area contributed by atoms with Crippen molar-refractivity contribution >= 4 is 15.9 Å². The number of H-pyrrole nitrogens is 1. The molecule has 0 spiro atoms. The Kier molecular flexibility index (Phi) is 3.29. The van der Waals surface area contributed by atoms with Crippen molar-refractivity contribution < 1.29 is 0 Å². The zero-order valence-electron chi connectivity index (χ0n) is 9.03. The first-order valence-corrected chi connectivity index (χ1v) is 6.07. The van der Waals surface area contributed by atoms with Crippen molar-refractivity contribution in [3.8, 4) is 11.3 Å². The molecule has 0 amide bonds. The maximum atomic E-state index is 11.8. The zero-order chi connectivity index (χ0) is 11.5. The molecule has 0 unspecified atom stereocenters. The van der Waals surface area contributed by atoms with Gasteiger partial charge < -0.3 is 0 Å². The summed E-state index contributed by atoms with van der Waals surface area (Å²) in [4.78, 5) is 11.8. The third kappa shape index (κ3) is 1.97. The minimum absolute atomic E-state index is 0.000651. The maximum absolute atomic E-state index is 11.8. The summed E-state index contributed by atoms with van der Waals surface area (Å²) in [7, 11) is 0. The van der Waals surface area contributed by atoms with Gasteiger partial charge in [-0.25, -0.2) is 0 Å². The summed E-state index contributed by atoms with van der Waals surface area (Å²) >= 11 is 3.34. The second-order valence-electron chi connectivity index (χ2n) is 3.62. The molecule has 0 aliphatic rings. The van der Waals surface area contributed by atoms with Gasteiger partial charge in [0.05, 0.1) is 5.69 Å². The first-order chi connectivity index (χ1) is 7.74. The lowest BCUT2D eigenvalue weighted by Gasteiger charge is -1.99. The number of benzene rings is 1. The summed E-state index contributed by atoms with van der Waals surface area (Å²) in [5.74, 6) is 0. The van der Waals surface area contributed by atoms with Gasteiger partial charge in [0, 0.05) is 12.1 Å². The lowest BCUT2D eigenvalue weighted by molar-refractivity contribution is 0.586. The minimum Gasteiger partial charge on any atom is -0.294 e. The molecule has 2 aromatic rings.